The second-order valence-corrected chi connectivity index (χ2v) is 4.74. The number of carbonyl (C=O) groups excluding carboxylic acids is 1. The average molecular weight is 225 g/mol. The summed E-state index contributed by atoms with van der Waals surface area (Å²) in [6.45, 7) is 8.04. The molecule has 0 saturated carbocycles. The molecule has 16 heavy (non-hydrogen) atoms. The maximum absolute atomic E-state index is 11.4. The summed E-state index contributed by atoms with van der Waals surface area (Å²) in [7, 11) is 0. The highest BCUT2D eigenvalue weighted by atomic mass is 16.6. The van der Waals surface area contributed by atoms with Crippen LogP contribution in [0.25, 0.3) is 0 Å². The second-order valence-electron chi connectivity index (χ2n) is 4.74. The summed E-state index contributed by atoms with van der Waals surface area (Å²) < 4.78 is 7.06. The topological polar surface area (TPSA) is 56.1 Å². The zero-order valence-corrected chi connectivity index (χ0v) is 10.2. The molecule has 0 fully saturated rings. The Bertz CT molecular complexity index is 327. The van der Waals surface area contributed by atoms with Gasteiger partial charge in [0.2, 0.25) is 0 Å². The Morgan fingerprint density at radius 2 is 2.25 bits per heavy atom. The maximum atomic E-state index is 11.4. The van der Waals surface area contributed by atoms with E-state index in [1.165, 1.54) is 0 Å². The van der Waals surface area contributed by atoms with Gasteiger partial charge in [0.15, 0.2) is 0 Å². The van der Waals surface area contributed by atoms with Crippen molar-refractivity contribution < 1.29 is 9.53 Å². The number of hydrogen-bond donors (Lipinski definition) is 1. The summed E-state index contributed by atoms with van der Waals surface area (Å²) in [6.07, 6.45) is 4.91. The third kappa shape index (κ3) is 4.33. The molecule has 5 nitrogen and oxygen atoms in total. The third-order valence-electron chi connectivity index (χ3n) is 1.97. The fourth-order valence-electron chi connectivity index (χ4n) is 1.18. The molecule has 1 aromatic heterocycles. The van der Waals surface area contributed by atoms with Gasteiger partial charge in [0.05, 0.1) is 6.33 Å². The Labute approximate surface area is 95.8 Å². The number of carbonyl (C=O) groups is 1. The van der Waals surface area contributed by atoms with Crippen LogP contribution >= 0.6 is 0 Å². The predicted octanol–water partition coefficient (Wildman–Crippen LogP) is 1.97. The van der Waals surface area contributed by atoms with E-state index in [1.54, 1.807) is 12.5 Å². The second kappa shape index (κ2) is 5.01. The summed E-state index contributed by atoms with van der Waals surface area (Å²) in [5.74, 6) is 0. The van der Waals surface area contributed by atoms with Crippen molar-refractivity contribution in [2.45, 2.75) is 39.3 Å². The first-order chi connectivity index (χ1) is 7.38. The van der Waals surface area contributed by atoms with E-state index in [4.69, 9.17) is 4.74 Å². The van der Waals surface area contributed by atoms with E-state index in [0.717, 1.165) is 0 Å². The van der Waals surface area contributed by atoms with Crippen molar-refractivity contribution in [1.82, 2.24) is 14.9 Å². The quantitative estimate of drug-likeness (QED) is 0.855. The van der Waals surface area contributed by atoms with Crippen molar-refractivity contribution >= 4 is 6.09 Å². The smallest absolute Gasteiger partial charge is 0.407 e. The van der Waals surface area contributed by atoms with Crippen molar-refractivity contribution in [3.05, 3.63) is 18.7 Å². The summed E-state index contributed by atoms with van der Waals surface area (Å²) >= 11 is 0. The number of nitrogens with one attached hydrogen (secondary N) is 1. The van der Waals surface area contributed by atoms with Crippen LogP contribution < -0.4 is 5.32 Å². The Hall–Kier alpha value is -1.52. The van der Waals surface area contributed by atoms with Crippen LogP contribution in [0.15, 0.2) is 18.7 Å². The summed E-state index contributed by atoms with van der Waals surface area (Å²) in [4.78, 5) is 15.3. The number of imidazole rings is 1. The van der Waals surface area contributed by atoms with Crippen molar-refractivity contribution in [1.29, 1.82) is 0 Å². The first-order valence-corrected chi connectivity index (χ1v) is 5.33. The van der Waals surface area contributed by atoms with Crippen LogP contribution in [0.1, 0.15) is 33.7 Å². The van der Waals surface area contributed by atoms with Crippen molar-refractivity contribution in [2.75, 3.05) is 6.54 Å². The zero-order chi connectivity index (χ0) is 12.2. The fourth-order valence-corrected chi connectivity index (χ4v) is 1.18. The molecule has 0 aromatic carbocycles. The molecule has 0 aliphatic heterocycles. The molecule has 1 unspecified atom stereocenters. The van der Waals surface area contributed by atoms with E-state index < -0.39 is 5.60 Å². The molecular weight excluding hydrogens is 206 g/mol. The number of alkyl carbamates (subject to hydrolysis) is 1. The number of amides is 1. The first kappa shape index (κ1) is 12.5. The van der Waals surface area contributed by atoms with E-state index in [2.05, 4.69) is 10.3 Å². The number of hydrogen-bond acceptors (Lipinski definition) is 3. The van der Waals surface area contributed by atoms with Crippen LogP contribution in [0.3, 0.4) is 0 Å². The van der Waals surface area contributed by atoms with Crippen LogP contribution in [-0.2, 0) is 4.74 Å². The van der Waals surface area contributed by atoms with Gasteiger partial charge in [-0.2, -0.15) is 0 Å². The predicted molar refractivity (Wildman–Crippen MR) is 61.2 cm³/mol. The minimum Gasteiger partial charge on any atom is -0.444 e. The van der Waals surface area contributed by atoms with Crippen LogP contribution in [-0.4, -0.2) is 27.8 Å². The monoisotopic (exact) mass is 225 g/mol. The van der Waals surface area contributed by atoms with Crippen LogP contribution in [0.4, 0.5) is 4.79 Å². The summed E-state index contributed by atoms with van der Waals surface area (Å²) in [6, 6.07) is 0.162. The van der Waals surface area contributed by atoms with Crippen LogP contribution in [0.5, 0.6) is 0 Å². The van der Waals surface area contributed by atoms with E-state index in [-0.39, 0.29) is 12.1 Å². The van der Waals surface area contributed by atoms with Gasteiger partial charge in [0.25, 0.3) is 0 Å². The first-order valence-electron chi connectivity index (χ1n) is 5.33. The zero-order valence-electron chi connectivity index (χ0n) is 10.2. The van der Waals surface area contributed by atoms with Gasteiger partial charge in [0.1, 0.15) is 5.60 Å². The normalized spacial score (nSPS) is 13.2. The SMILES string of the molecule is CC(CNC(=O)OC(C)(C)C)n1ccnc1. The highest BCUT2D eigenvalue weighted by molar-refractivity contribution is 5.67. The lowest BCUT2D eigenvalue weighted by molar-refractivity contribution is 0.0521. The molecule has 1 atom stereocenters. The third-order valence-corrected chi connectivity index (χ3v) is 1.97. The molecule has 1 N–H and O–H groups in total. The molecule has 1 rings (SSSR count). The minimum absolute atomic E-state index is 0.162. The molecular formula is C11H19N3O2. The van der Waals surface area contributed by atoms with Gasteiger partial charge < -0.3 is 14.6 Å². The number of aromatic nitrogens is 2. The number of ether oxygens (including phenoxy) is 1. The molecule has 0 radical (unpaired) electrons. The van der Waals surface area contributed by atoms with Crippen LogP contribution in [0.2, 0.25) is 0 Å². The largest absolute Gasteiger partial charge is 0.444 e. The lowest BCUT2D eigenvalue weighted by Crippen LogP contribution is -2.35. The molecule has 0 aliphatic carbocycles. The van der Waals surface area contributed by atoms with E-state index in [1.807, 2.05) is 38.5 Å². The molecule has 5 heteroatoms. The van der Waals surface area contributed by atoms with Crippen LogP contribution in [0, 0.1) is 0 Å². The molecule has 0 saturated heterocycles. The molecule has 90 valence electrons. The van der Waals surface area contributed by atoms with Gasteiger partial charge in [-0.1, -0.05) is 0 Å². The minimum atomic E-state index is -0.456. The van der Waals surface area contributed by atoms with Gasteiger partial charge in [0, 0.05) is 25.0 Å². The Balaban J connectivity index is 2.32. The fraction of sp³-hybridized carbons (Fsp3) is 0.636. The van der Waals surface area contributed by atoms with Gasteiger partial charge in [-0.05, 0) is 27.7 Å². The Kier molecular flexibility index (Phi) is 3.93. The summed E-state index contributed by atoms with van der Waals surface area (Å²) in [5.41, 5.74) is -0.456. The highest BCUT2D eigenvalue weighted by Crippen LogP contribution is 2.07. The van der Waals surface area contributed by atoms with Crippen molar-refractivity contribution in [3.63, 3.8) is 0 Å². The van der Waals surface area contributed by atoms with E-state index in [9.17, 15) is 4.79 Å². The molecule has 1 heterocycles. The standard InChI is InChI=1S/C11H19N3O2/c1-9(14-6-5-12-8-14)7-13-10(15)16-11(2,3)4/h5-6,8-9H,7H2,1-4H3,(H,13,15). The van der Waals surface area contributed by atoms with Gasteiger partial charge >= 0.3 is 6.09 Å². The number of rotatable bonds is 3. The Morgan fingerprint density at radius 1 is 1.56 bits per heavy atom. The Morgan fingerprint density at radius 3 is 2.75 bits per heavy atom. The summed E-state index contributed by atoms with van der Waals surface area (Å²) in [5, 5.41) is 2.72. The molecule has 0 spiro atoms. The molecule has 1 amide bonds. The van der Waals surface area contributed by atoms with E-state index >= 15 is 0 Å². The van der Waals surface area contributed by atoms with Gasteiger partial charge in [-0.25, -0.2) is 9.78 Å². The lowest BCUT2D eigenvalue weighted by Gasteiger charge is -2.21. The lowest BCUT2D eigenvalue weighted by atomic mass is 10.2. The van der Waals surface area contributed by atoms with Gasteiger partial charge in [-0.3, -0.25) is 0 Å². The highest BCUT2D eigenvalue weighted by Gasteiger charge is 2.16. The number of nitrogens with zero attached hydrogens (tertiary/aromatic N) is 2. The van der Waals surface area contributed by atoms with E-state index in [0.29, 0.717) is 6.54 Å². The molecule has 1 aromatic rings. The van der Waals surface area contributed by atoms with Crippen molar-refractivity contribution in [2.24, 2.45) is 0 Å². The average Bonchev–Trinajstić information content (AvgIpc) is 2.64. The van der Waals surface area contributed by atoms with Gasteiger partial charge in [-0.15, -0.1) is 0 Å². The maximum Gasteiger partial charge on any atom is 0.407 e. The van der Waals surface area contributed by atoms with Crippen molar-refractivity contribution in [3.8, 4) is 0 Å². The molecule has 0 aliphatic rings. The molecule has 0 bridgehead atoms.